The van der Waals surface area contributed by atoms with E-state index in [1.54, 1.807) is 0 Å². The Hall–Kier alpha value is -1.66. The summed E-state index contributed by atoms with van der Waals surface area (Å²) in [5.74, 6) is 1.16. The van der Waals surface area contributed by atoms with Crippen LogP contribution in [0.1, 0.15) is 12.8 Å². The maximum Gasteiger partial charge on any atom is 0.221 e. The minimum Gasteiger partial charge on any atom is -0.356 e. The third-order valence-electron chi connectivity index (χ3n) is 3.70. The third kappa shape index (κ3) is 5.32. The van der Waals surface area contributed by atoms with Gasteiger partial charge in [-0.2, -0.15) is 0 Å². The van der Waals surface area contributed by atoms with Gasteiger partial charge in [-0.05, 0) is 25.1 Å². The van der Waals surface area contributed by atoms with Crippen molar-refractivity contribution < 1.29 is 4.79 Å². The average molecular weight is 291 g/mol. The predicted molar refractivity (Wildman–Crippen MR) is 84.2 cm³/mol. The number of hydrogen-bond acceptors (Lipinski definition) is 5. The number of carbonyl (C=O) groups excluding carboxylic acids is 1. The summed E-state index contributed by atoms with van der Waals surface area (Å²) in [6.07, 6.45) is 3.23. The zero-order valence-electron chi connectivity index (χ0n) is 12.5. The number of aromatic nitrogens is 1. The smallest absolute Gasteiger partial charge is 0.221 e. The number of nitrogens with two attached hydrogens (primary N) is 1. The van der Waals surface area contributed by atoms with E-state index in [9.17, 15) is 4.79 Å². The number of hydrogen-bond donors (Lipinski definition) is 2. The number of rotatable bonds is 7. The van der Waals surface area contributed by atoms with Gasteiger partial charge in [0.1, 0.15) is 5.82 Å². The molecular weight excluding hydrogens is 266 g/mol. The molecule has 3 N–H and O–H groups in total. The van der Waals surface area contributed by atoms with Crippen LogP contribution in [-0.2, 0) is 4.79 Å². The highest BCUT2D eigenvalue weighted by atomic mass is 16.1. The second-order valence-electron chi connectivity index (χ2n) is 5.26. The summed E-state index contributed by atoms with van der Waals surface area (Å²) in [4.78, 5) is 20.6. The molecule has 1 fully saturated rings. The van der Waals surface area contributed by atoms with Gasteiger partial charge in [0.25, 0.3) is 0 Å². The number of pyridine rings is 1. The molecular formula is C15H25N5O. The quantitative estimate of drug-likeness (QED) is 0.695. The van der Waals surface area contributed by atoms with E-state index < -0.39 is 0 Å². The normalized spacial score (nSPS) is 16.0. The summed E-state index contributed by atoms with van der Waals surface area (Å²) in [5, 5.41) is 2.89. The van der Waals surface area contributed by atoms with Crippen LogP contribution in [0.3, 0.4) is 0 Å². The monoisotopic (exact) mass is 291 g/mol. The molecule has 0 saturated carbocycles. The molecule has 1 saturated heterocycles. The van der Waals surface area contributed by atoms with Crippen molar-refractivity contribution in [2.24, 2.45) is 5.73 Å². The molecule has 1 aliphatic rings. The summed E-state index contributed by atoms with van der Waals surface area (Å²) >= 11 is 0. The van der Waals surface area contributed by atoms with Gasteiger partial charge in [0.2, 0.25) is 5.91 Å². The molecule has 0 radical (unpaired) electrons. The molecule has 1 amide bonds. The van der Waals surface area contributed by atoms with E-state index in [4.69, 9.17) is 5.73 Å². The highest BCUT2D eigenvalue weighted by molar-refractivity contribution is 5.76. The number of carbonyl (C=O) groups is 1. The van der Waals surface area contributed by atoms with Crippen LogP contribution >= 0.6 is 0 Å². The fourth-order valence-corrected chi connectivity index (χ4v) is 2.42. The molecule has 6 heteroatoms. The van der Waals surface area contributed by atoms with Crippen LogP contribution in [0.15, 0.2) is 24.4 Å². The lowest BCUT2D eigenvalue weighted by molar-refractivity contribution is -0.121. The molecule has 21 heavy (non-hydrogen) atoms. The van der Waals surface area contributed by atoms with Crippen molar-refractivity contribution in [3.63, 3.8) is 0 Å². The molecule has 6 nitrogen and oxygen atoms in total. The maximum atomic E-state index is 11.6. The predicted octanol–water partition coefficient (Wildman–Crippen LogP) is 0.0587. The van der Waals surface area contributed by atoms with Crippen molar-refractivity contribution in [3.05, 3.63) is 24.4 Å². The molecule has 0 aliphatic carbocycles. The van der Waals surface area contributed by atoms with Crippen LogP contribution in [0.4, 0.5) is 5.82 Å². The molecule has 1 aliphatic heterocycles. The molecule has 0 bridgehead atoms. The molecule has 0 spiro atoms. The lowest BCUT2D eigenvalue weighted by Crippen LogP contribution is -2.47. The summed E-state index contributed by atoms with van der Waals surface area (Å²) in [6.45, 7) is 6.01. The summed E-state index contributed by atoms with van der Waals surface area (Å²) < 4.78 is 0. The molecule has 0 atom stereocenters. The Kier molecular flexibility index (Phi) is 6.43. The molecule has 0 unspecified atom stereocenters. The Labute approximate surface area is 126 Å². The van der Waals surface area contributed by atoms with Crippen molar-refractivity contribution in [3.8, 4) is 0 Å². The van der Waals surface area contributed by atoms with E-state index in [2.05, 4.69) is 20.1 Å². The van der Waals surface area contributed by atoms with Gasteiger partial charge in [-0.3, -0.25) is 9.69 Å². The van der Waals surface area contributed by atoms with Gasteiger partial charge in [0, 0.05) is 51.9 Å². The van der Waals surface area contributed by atoms with Crippen molar-refractivity contribution in [1.29, 1.82) is 0 Å². The molecule has 1 aromatic rings. The summed E-state index contributed by atoms with van der Waals surface area (Å²) in [5.41, 5.74) is 5.40. The maximum absolute atomic E-state index is 11.6. The Morgan fingerprint density at radius 1 is 1.29 bits per heavy atom. The van der Waals surface area contributed by atoms with E-state index in [0.29, 0.717) is 19.5 Å². The first-order valence-electron chi connectivity index (χ1n) is 7.64. The molecule has 2 heterocycles. The molecule has 2 rings (SSSR count). The van der Waals surface area contributed by atoms with Crippen LogP contribution in [0.5, 0.6) is 0 Å². The first-order valence-corrected chi connectivity index (χ1v) is 7.64. The second kappa shape index (κ2) is 8.59. The zero-order chi connectivity index (χ0) is 14.9. The van der Waals surface area contributed by atoms with Crippen LogP contribution in [-0.4, -0.2) is 61.6 Å². The summed E-state index contributed by atoms with van der Waals surface area (Å²) in [6, 6.07) is 5.99. The fourth-order valence-electron chi connectivity index (χ4n) is 2.42. The Morgan fingerprint density at radius 2 is 2.10 bits per heavy atom. The number of anilines is 1. The summed E-state index contributed by atoms with van der Waals surface area (Å²) in [7, 11) is 0. The minimum absolute atomic E-state index is 0.121. The lowest BCUT2D eigenvalue weighted by atomic mass is 10.2. The first kappa shape index (κ1) is 15.7. The van der Waals surface area contributed by atoms with Crippen molar-refractivity contribution in [2.45, 2.75) is 12.8 Å². The van der Waals surface area contributed by atoms with Gasteiger partial charge in [-0.1, -0.05) is 6.07 Å². The van der Waals surface area contributed by atoms with Crippen LogP contribution in [0, 0.1) is 0 Å². The van der Waals surface area contributed by atoms with Crippen LogP contribution in [0.2, 0.25) is 0 Å². The van der Waals surface area contributed by atoms with Gasteiger partial charge >= 0.3 is 0 Å². The number of nitrogens with one attached hydrogen (secondary N) is 1. The topological polar surface area (TPSA) is 74.5 Å². The number of piperazine rings is 1. The van der Waals surface area contributed by atoms with Crippen LogP contribution < -0.4 is 16.0 Å². The van der Waals surface area contributed by atoms with Crippen LogP contribution in [0.25, 0.3) is 0 Å². The highest BCUT2D eigenvalue weighted by Crippen LogP contribution is 2.12. The van der Waals surface area contributed by atoms with Gasteiger partial charge in [0.05, 0.1) is 0 Å². The van der Waals surface area contributed by atoms with Gasteiger partial charge in [-0.15, -0.1) is 0 Å². The van der Waals surface area contributed by atoms with Crippen molar-refractivity contribution in [1.82, 2.24) is 15.2 Å². The Balaban J connectivity index is 1.64. The minimum atomic E-state index is 0.121. The largest absolute Gasteiger partial charge is 0.356 e. The molecule has 1 aromatic heterocycles. The molecule has 0 aromatic carbocycles. The van der Waals surface area contributed by atoms with Crippen molar-refractivity contribution in [2.75, 3.05) is 50.7 Å². The second-order valence-corrected chi connectivity index (χ2v) is 5.26. The number of nitrogens with zero attached hydrogens (tertiary/aromatic N) is 3. The zero-order valence-corrected chi connectivity index (χ0v) is 12.5. The third-order valence-corrected chi connectivity index (χ3v) is 3.70. The standard InChI is InChI=1S/C15H25N5O/c16-6-3-8-18-15(21)5-9-19-10-12-20(13-11-19)14-4-1-2-7-17-14/h1-2,4,7H,3,5-6,8-13,16H2,(H,18,21). The molecule has 116 valence electrons. The SMILES string of the molecule is NCCCNC(=O)CCN1CCN(c2ccccn2)CC1. The van der Waals surface area contributed by atoms with E-state index in [1.165, 1.54) is 0 Å². The highest BCUT2D eigenvalue weighted by Gasteiger charge is 2.18. The lowest BCUT2D eigenvalue weighted by Gasteiger charge is -2.35. The average Bonchev–Trinajstić information content (AvgIpc) is 2.54. The fraction of sp³-hybridized carbons (Fsp3) is 0.600. The van der Waals surface area contributed by atoms with E-state index in [-0.39, 0.29) is 5.91 Å². The van der Waals surface area contributed by atoms with E-state index in [1.807, 2.05) is 24.4 Å². The number of amides is 1. The Morgan fingerprint density at radius 3 is 2.76 bits per heavy atom. The first-order chi connectivity index (χ1) is 10.3. The van der Waals surface area contributed by atoms with Gasteiger partial charge in [0.15, 0.2) is 0 Å². The van der Waals surface area contributed by atoms with E-state index >= 15 is 0 Å². The Bertz CT molecular complexity index is 417. The van der Waals surface area contributed by atoms with E-state index in [0.717, 1.165) is 45.0 Å². The van der Waals surface area contributed by atoms with Crippen molar-refractivity contribution >= 4 is 11.7 Å². The van der Waals surface area contributed by atoms with Gasteiger partial charge < -0.3 is 16.0 Å². The van der Waals surface area contributed by atoms with Gasteiger partial charge in [-0.25, -0.2) is 4.98 Å².